The summed E-state index contributed by atoms with van der Waals surface area (Å²) in [5.41, 5.74) is 7.77. The molecule has 2 rings (SSSR count). The van der Waals surface area contributed by atoms with Gasteiger partial charge in [-0.2, -0.15) is 0 Å². The molecule has 0 heterocycles. The highest BCUT2D eigenvalue weighted by Crippen LogP contribution is 2.33. The van der Waals surface area contributed by atoms with Crippen LogP contribution in [0.5, 0.6) is 0 Å². The largest absolute Gasteiger partial charge is 0.327 e. The third-order valence-electron chi connectivity index (χ3n) is 4.49. The molecular formula is C16H24BrN. The highest BCUT2D eigenvalue weighted by Gasteiger charge is 2.25. The monoisotopic (exact) mass is 309 g/mol. The lowest BCUT2D eigenvalue weighted by Gasteiger charge is -2.32. The molecule has 18 heavy (non-hydrogen) atoms. The third-order valence-corrected chi connectivity index (χ3v) is 5.26. The average Bonchev–Trinajstić information content (AvgIpc) is 2.41. The first-order chi connectivity index (χ1) is 8.70. The van der Waals surface area contributed by atoms with Crippen LogP contribution >= 0.6 is 15.9 Å². The van der Waals surface area contributed by atoms with Crippen molar-refractivity contribution in [3.8, 4) is 0 Å². The zero-order valence-corrected chi connectivity index (χ0v) is 12.8. The molecular weight excluding hydrogens is 286 g/mol. The van der Waals surface area contributed by atoms with Gasteiger partial charge >= 0.3 is 0 Å². The topological polar surface area (TPSA) is 26.0 Å². The maximum absolute atomic E-state index is 6.42. The van der Waals surface area contributed by atoms with Crippen molar-refractivity contribution in [1.82, 2.24) is 0 Å². The van der Waals surface area contributed by atoms with Gasteiger partial charge in [0.25, 0.3) is 0 Å². The summed E-state index contributed by atoms with van der Waals surface area (Å²) in [6.07, 6.45) is 7.75. The molecule has 0 bridgehead atoms. The van der Waals surface area contributed by atoms with E-state index >= 15 is 0 Å². The number of halogens is 1. The van der Waals surface area contributed by atoms with Gasteiger partial charge in [-0.1, -0.05) is 60.3 Å². The molecule has 1 aliphatic carbocycles. The van der Waals surface area contributed by atoms with Crippen LogP contribution in [0.3, 0.4) is 0 Å². The van der Waals surface area contributed by atoms with E-state index in [0.717, 1.165) is 18.3 Å². The van der Waals surface area contributed by atoms with Gasteiger partial charge in [0.2, 0.25) is 0 Å². The van der Waals surface area contributed by atoms with Crippen molar-refractivity contribution in [3.05, 3.63) is 34.3 Å². The molecule has 1 nitrogen and oxygen atoms in total. The van der Waals surface area contributed by atoms with E-state index < -0.39 is 0 Å². The molecule has 1 aromatic carbocycles. The smallest absolute Gasteiger partial charge is 0.0207 e. The van der Waals surface area contributed by atoms with Crippen LogP contribution < -0.4 is 5.73 Å². The lowest BCUT2D eigenvalue weighted by molar-refractivity contribution is 0.238. The van der Waals surface area contributed by atoms with Crippen molar-refractivity contribution in [3.63, 3.8) is 0 Å². The molecule has 0 amide bonds. The molecule has 1 aliphatic rings. The second-order valence-corrected chi connectivity index (χ2v) is 6.50. The van der Waals surface area contributed by atoms with E-state index in [1.165, 1.54) is 42.1 Å². The first-order valence-corrected chi connectivity index (χ1v) is 7.99. The summed E-state index contributed by atoms with van der Waals surface area (Å²) in [5.74, 6) is 1.68. The Kier molecular flexibility index (Phi) is 5.25. The van der Waals surface area contributed by atoms with Gasteiger partial charge < -0.3 is 5.73 Å². The second-order valence-electron chi connectivity index (χ2n) is 5.65. The van der Waals surface area contributed by atoms with E-state index in [1.54, 1.807) is 0 Å². The third kappa shape index (κ3) is 3.58. The van der Waals surface area contributed by atoms with Crippen LogP contribution in [0.25, 0.3) is 0 Å². The van der Waals surface area contributed by atoms with Crippen molar-refractivity contribution >= 4 is 15.9 Å². The molecule has 1 fully saturated rings. The molecule has 0 saturated heterocycles. The van der Waals surface area contributed by atoms with Crippen LogP contribution in [0.2, 0.25) is 0 Å². The molecule has 0 aliphatic heterocycles. The summed E-state index contributed by atoms with van der Waals surface area (Å²) in [6, 6.07) is 8.77. The van der Waals surface area contributed by atoms with Gasteiger partial charge in [-0.3, -0.25) is 0 Å². The molecule has 1 unspecified atom stereocenters. The molecule has 0 radical (unpaired) electrons. The van der Waals surface area contributed by atoms with E-state index in [9.17, 15) is 0 Å². The van der Waals surface area contributed by atoms with E-state index in [1.807, 2.05) is 0 Å². The van der Waals surface area contributed by atoms with Crippen LogP contribution in [0.4, 0.5) is 0 Å². The number of rotatable bonds is 4. The van der Waals surface area contributed by atoms with E-state index in [-0.39, 0.29) is 0 Å². The van der Waals surface area contributed by atoms with Crippen LogP contribution in [0.1, 0.15) is 44.6 Å². The fraction of sp³-hybridized carbons (Fsp3) is 0.625. The molecule has 1 saturated carbocycles. The zero-order chi connectivity index (χ0) is 13.0. The van der Waals surface area contributed by atoms with E-state index in [2.05, 4.69) is 47.1 Å². The summed E-state index contributed by atoms with van der Waals surface area (Å²) in [7, 11) is 0. The Hall–Kier alpha value is -0.340. The summed E-state index contributed by atoms with van der Waals surface area (Å²) in [6.45, 7) is 2.31. The quantitative estimate of drug-likeness (QED) is 0.868. The number of hydrogen-bond acceptors (Lipinski definition) is 1. The minimum absolute atomic E-state index is 0.321. The van der Waals surface area contributed by atoms with Crippen molar-refractivity contribution < 1.29 is 0 Å². The van der Waals surface area contributed by atoms with Gasteiger partial charge in [0.05, 0.1) is 0 Å². The number of nitrogens with two attached hydrogens (primary N) is 1. The van der Waals surface area contributed by atoms with E-state index in [4.69, 9.17) is 5.73 Å². The summed E-state index contributed by atoms with van der Waals surface area (Å²) in [4.78, 5) is 0. The highest BCUT2D eigenvalue weighted by atomic mass is 79.9. The summed E-state index contributed by atoms with van der Waals surface area (Å²) < 4.78 is 1.20. The van der Waals surface area contributed by atoms with Crippen molar-refractivity contribution in [2.45, 2.75) is 51.5 Å². The zero-order valence-electron chi connectivity index (χ0n) is 11.2. The van der Waals surface area contributed by atoms with Crippen LogP contribution in [0.15, 0.2) is 28.7 Å². The van der Waals surface area contributed by atoms with Gasteiger partial charge in [-0.15, -0.1) is 0 Å². The first kappa shape index (κ1) is 14.1. The SMILES string of the molecule is CCC1CCC(C(N)Cc2ccccc2Br)CC1. The lowest BCUT2D eigenvalue weighted by Crippen LogP contribution is -2.35. The Morgan fingerprint density at radius 2 is 1.89 bits per heavy atom. The Bertz CT molecular complexity index is 369. The molecule has 1 aromatic rings. The summed E-state index contributed by atoms with van der Waals surface area (Å²) >= 11 is 3.61. The van der Waals surface area contributed by atoms with Gasteiger partial charge in [0.1, 0.15) is 0 Å². The van der Waals surface area contributed by atoms with Crippen LogP contribution in [-0.4, -0.2) is 6.04 Å². The molecule has 100 valence electrons. The first-order valence-electron chi connectivity index (χ1n) is 7.19. The Balaban J connectivity index is 1.89. The Morgan fingerprint density at radius 3 is 2.50 bits per heavy atom. The molecule has 2 N–H and O–H groups in total. The van der Waals surface area contributed by atoms with Gasteiger partial charge in [-0.25, -0.2) is 0 Å². The van der Waals surface area contributed by atoms with Crippen molar-refractivity contribution in [2.24, 2.45) is 17.6 Å². The molecule has 2 heteroatoms. The Labute approximate surface area is 119 Å². The second kappa shape index (κ2) is 6.72. The van der Waals surface area contributed by atoms with Crippen molar-refractivity contribution in [2.75, 3.05) is 0 Å². The average molecular weight is 310 g/mol. The number of benzene rings is 1. The number of hydrogen-bond donors (Lipinski definition) is 1. The molecule has 0 spiro atoms. The minimum Gasteiger partial charge on any atom is -0.327 e. The molecule has 1 atom stereocenters. The normalized spacial score (nSPS) is 25.9. The standard InChI is InChI=1S/C16H24BrN/c1-2-12-7-9-13(10-8-12)16(18)11-14-5-3-4-6-15(14)17/h3-6,12-13,16H,2,7-11,18H2,1H3. The maximum atomic E-state index is 6.42. The van der Waals surface area contributed by atoms with E-state index in [0.29, 0.717) is 6.04 Å². The fourth-order valence-electron chi connectivity index (χ4n) is 3.11. The Morgan fingerprint density at radius 1 is 1.22 bits per heavy atom. The maximum Gasteiger partial charge on any atom is 0.0207 e. The summed E-state index contributed by atoms with van der Waals surface area (Å²) in [5, 5.41) is 0. The predicted molar refractivity (Wildman–Crippen MR) is 81.6 cm³/mol. The van der Waals surface area contributed by atoms with Crippen LogP contribution in [0, 0.1) is 11.8 Å². The highest BCUT2D eigenvalue weighted by molar-refractivity contribution is 9.10. The van der Waals surface area contributed by atoms with Crippen LogP contribution in [-0.2, 0) is 6.42 Å². The molecule has 0 aromatic heterocycles. The van der Waals surface area contributed by atoms with Gasteiger partial charge in [0.15, 0.2) is 0 Å². The van der Waals surface area contributed by atoms with Gasteiger partial charge in [0, 0.05) is 10.5 Å². The van der Waals surface area contributed by atoms with Crippen molar-refractivity contribution in [1.29, 1.82) is 0 Å². The van der Waals surface area contributed by atoms with Gasteiger partial charge in [-0.05, 0) is 42.7 Å². The minimum atomic E-state index is 0.321. The predicted octanol–water partition coefficient (Wildman–Crippen LogP) is 4.54. The fourth-order valence-corrected chi connectivity index (χ4v) is 3.56. The lowest BCUT2D eigenvalue weighted by atomic mass is 9.76.